The second-order valence-electron chi connectivity index (χ2n) is 6.49. The highest BCUT2D eigenvalue weighted by molar-refractivity contribution is 7.94. The van der Waals surface area contributed by atoms with Crippen molar-refractivity contribution in [3.8, 4) is 0 Å². The van der Waals surface area contributed by atoms with E-state index in [1.54, 1.807) is 12.3 Å². The van der Waals surface area contributed by atoms with Crippen molar-refractivity contribution in [1.82, 2.24) is 14.6 Å². The standard InChI is InChI=1S/C16H15FN4O3S/c1-16(2-4-25(23,24)5-3-16)11-8-19-21-13-10(14(18)22)6-9(17)7-12(13)20-15(11)21/h2,4,6-8,20H,3,5H2,1H3,(H2,18,22). The molecular formula is C16H15FN4O3S. The van der Waals surface area contributed by atoms with Gasteiger partial charge in [0.25, 0.3) is 5.91 Å². The largest absolute Gasteiger partial charge is 0.366 e. The maximum absolute atomic E-state index is 13.8. The van der Waals surface area contributed by atoms with Gasteiger partial charge in [-0.3, -0.25) is 4.79 Å². The number of imidazole rings is 1. The summed E-state index contributed by atoms with van der Waals surface area (Å²) in [5.74, 6) is -1.29. The molecule has 1 aliphatic rings. The monoisotopic (exact) mass is 362 g/mol. The molecule has 0 radical (unpaired) electrons. The number of aromatic amines is 1. The second kappa shape index (κ2) is 4.92. The molecule has 1 aromatic carbocycles. The number of nitrogens with two attached hydrogens (primary N) is 1. The van der Waals surface area contributed by atoms with E-state index in [0.29, 0.717) is 23.1 Å². The lowest BCUT2D eigenvalue weighted by Gasteiger charge is -2.27. The van der Waals surface area contributed by atoms with E-state index >= 15 is 0 Å². The fourth-order valence-corrected chi connectivity index (χ4v) is 4.63. The van der Waals surface area contributed by atoms with Gasteiger partial charge in [-0.1, -0.05) is 13.0 Å². The summed E-state index contributed by atoms with van der Waals surface area (Å²) in [6.07, 6.45) is 3.67. The Morgan fingerprint density at radius 3 is 2.84 bits per heavy atom. The first-order chi connectivity index (χ1) is 11.7. The number of H-pyrrole nitrogens is 1. The number of nitrogens with one attached hydrogen (secondary N) is 1. The van der Waals surface area contributed by atoms with Crippen LogP contribution in [0.1, 0.15) is 29.3 Å². The molecule has 0 saturated heterocycles. The lowest BCUT2D eigenvalue weighted by Crippen LogP contribution is -2.27. The molecule has 0 spiro atoms. The minimum absolute atomic E-state index is 0.0304. The van der Waals surface area contributed by atoms with Crippen molar-refractivity contribution < 1.29 is 17.6 Å². The van der Waals surface area contributed by atoms with Crippen molar-refractivity contribution in [3.63, 3.8) is 0 Å². The molecule has 3 N–H and O–H groups in total. The number of carbonyl (C=O) groups is 1. The number of benzene rings is 1. The van der Waals surface area contributed by atoms with E-state index in [-0.39, 0.29) is 11.3 Å². The maximum Gasteiger partial charge on any atom is 0.251 e. The summed E-state index contributed by atoms with van der Waals surface area (Å²) in [6, 6.07) is 2.35. The summed E-state index contributed by atoms with van der Waals surface area (Å²) < 4.78 is 38.6. The summed E-state index contributed by atoms with van der Waals surface area (Å²) in [5.41, 5.74) is 6.99. The van der Waals surface area contributed by atoms with Gasteiger partial charge in [0.2, 0.25) is 0 Å². The Balaban J connectivity index is 2.00. The molecule has 25 heavy (non-hydrogen) atoms. The number of hydrogen-bond acceptors (Lipinski definition) is 4. The number of fused-ring (bicyclic) bond motifs is 3. The smallest absolute Gasteiger partial charge is 0.251 e. The van der Waals surface area contributed by atoms with Gasteiger partial charge in [-0.15, -0.1) is 0 Å². The molecule has 1 aliphatic heterocycles. The fourth-order valence-electron chi connectivity index (χ4n) is 3.28. The molecule has 2 aromatic heterocycles. The predicted octanol–water partition coefficient (Wildman–Crippen LogP) is 1.64. The molecule has 0 saturated carbocycles. The third-order valence-corrected chi connectivity index (χ3v) is 6.06. The lowest BCUT2D eigenvalue weighted by molar-refractivity contribution is 0.100. The van der Waals surface area contributed by atoms with Crippen LogP contribution in [-0.4, -0.2) is 34.7 Å². The summed E-state index contributed by atoms with van der Waals surface area (Å²) in [7, 11) is -3.18. The van der Waals surface area contributed by atoms with Crippen LogP contribution in [0.15, 0.2) is 29.8 Å². The highest BCUT2D eigenvalue weighted by Gasteiger charge is 2.33. The summed E-state index contributed by atoms with van der Waals surface area (Å²) >= 11 is 0. The molecule has 0 bridgehead atoms. The predicted molar refractivity (Wildman–Crippen MR) is 90.4 cm³/mol. The Morgan fingerprint density at radius 1 is 1.44 bits per heavy atom. The third-order valence-electron chi connectivity index (χ3n) is 4.74. The molecule has 1 unspecified atom stereocenters. The number of sulfone groups is 1. The molecule has 7 nitrogen and oxygen atoms in total. The normalized spacial score (nSPS) is 22.6. The van der Waals surface area contributed by atoms with E-state index < -0.39 is 27.0 Å². The number of halogens is 1. The van der Waals surface area contributed by atoms with E-state index in [2.05, 4.69) is 10.1 Å². The van der Waals surface area contributed by atoms with E-state index in [4.69, 9.17) is 5.73 Å². The average molecular weight is 362 g/mol. The molecule has 0 aliphatic carbocycles. The van der Waals surface area contributed by atoms with E-state index in [1.165, 1.54) is 16.0 Å². The number of hydrogen-bond donors (Lipinski definition) is 2. The first-order valence-corrected chi connectivity index (χ1v) is 9.33. The molecule has 3 aromatic rings. The minimum atomic E-state index is -3.18. The van der Waals surface area contributed by atoms with Crippen molar-refractivity contribution in [2.75, 3.05) is 5.75 Å². The topological polar surface area (TPSA) is 110 Å². The van der Waals surface area contributed by atoms with Gasteiger partial charge in [0, 0.05) is 16.4 Å². The van der Waals surface area contributed by atoms with Gasteiger partial charge >= 0.3 is 0 Å². The number of carbonyl (C=O) groups excluding carboxylic acids is 1. The zero-order chi connectivity index (χ0) is 18.0. The van der Waals surface area contributed by atoms with Crippen LogP contribution in [0.2, 0.25) is 0 Å². The molecule has 9 heteroatoms. The third kappa shape index (κ3) is 2.34. The zero-order valence-electron chi connectivity index (χ0n) is 13.3. The van der Waals surface area contributed by atoms with Crippen LogP contribution in [0.3, 0.4) is 0 Å². The lowest BCUT2D eigenvalue weighted by atomic mass is 9.81. The molecule has 0 fully saturated rings. The minimum Gasteiger partial charge on any atom is -0.366 e. The Labute approximate surface area is 142 Å². The maximum atomic E-state index is 13.8. The summed E-state index contributed by atoms with van der Waals surface area (Å²) in [5, 5.41) is 5.53. The zero-order valence-corrected chi connectivity index (χ0v) is 14.1. The van der Waals surface area contributed by atoms with Crippen LogP contribution in [0.25, 0.3) is 16.7 Å². The SMILES string of the molecule is CC1(c2cnn3c2[nH]c2cc(F)cc(C(N)=O)c23)C=CS(=O)(=O)CC1. The molecule has 1 amide bonds. The number of amides is 1. The Morgan fingerprint density at radius 2 is 2.20 bits per heavy atom. The number of aromatic nitrogens is 3. The summed E-state index contributed by atoms with van der Waals surface area (Å²) in [4.78, 5) is 14.7. The quantitative estimate of drug-likeness (QED) is 0.722. The first kappa shape index (κ1) is 15.8. The van der Waals surface area contributed by atoms with Gasteiger partial charge in [-0.2, -0.15) is 5.10 Å². The van der Waals surface area contributed by atoms with Crippen LogP contribution in [0.4, 0.5) is 4.39 Å². The van der Waals surface area contributed by atoms with Crippen molar-refractivity contribution in [2.24, 2.45) is 5.73 Å². The molecule has 3 heterocycles. The molecule has 4 rings (SSSR count). The van der Waals surface area contributed by atoms with Crippen LogP contribution in [0, 0.1) is 5.82 Å². The van der Waals surface area contributed by atoms with Crippen molar-refractivity contribution in [3.05, 3.63) is 46.8 Å². The van der Waals surface area contributed by atoms with Crippen molar-refractivity contribution >= 4 is 32.4 Å². The Kier molecular flexibility index (Phi) is 3.11. The van der Waals surface area contributed by atoms with E-state index in [1.807, 2.05) is 6.92 Å². The van der Waals surface area contributed by atoms with Gasteiger partial charge in [-0.25, -0.2) is 17.3 Å². The fraction of sp³-hybridized carbons (Fsp3) is 0.250. The van der Waals surface area contributed by atoms with Gasteiger partial charge in [0.05, 0.1) is 23.0 Å². The van der Waals surface area contributed by atoms with Gasteiger partial charge < -0.3 is 10.7 Å². The van der Waals surface area contributed by atoms with Crippen molar-refractivity contribution in [1.29, 1.82) is 0 Å². The summed E-state index contributed by atoms with van der Waals surface area (Å²) in [6.45, 7) is 1.91. The van der Waals surface area contributed by atoms with Gasteiger partial charge in [0.1, 0.15) is 17.0 Å². The molecular weight excluding hydrogens is 347 g/mol. The number of allylic oxidation sites excluding steroid dienone is 1. The highest BCUT2D eigenvalue weighted by Crippen LogP contribution is 2.37. The average Bonchev–Trinajstić information content (AvgIpc) is 3.08. The molecule has 1 atom stereocenters. The van der Waals surface area contributed by atoms with Crippen molar-refractivity contribution in [2.45, 2.75) is 18.8 Å². The number of rotatable bonds is 2. The highest BCUT2D eigenvalue weighted by atomic mass is 32.2. The second-order valence-corrected chi connectivity index (χ2v) is 8.50. The van der Waals surface area contributed by atoms with Gasteiger partial charge in [-0.05, 0) is 18.6 Å². The molecule has 130 valence electrons. The number of primary amides is 1. The van der Waals surface area contributed by atoms with E-state index in [9.17, 15) is 17.6 Å². The van der Waals surface area contributed by atoms with Gasteiger partial charge in [0.15, 0.2) is 9.84 Å². The first-order valence-electron chi connectivity index (χ1n) is 7.61. The van der Waals surface area contributed by atoms with Crippen LogP contribution < -0.4 is 5.73 Å². The van der Waals surface area contributed by atoms with Crippen LogP contribution in [0.5, 0.6) is 0 Å². The number of nitrogens with zero attached hydrogens (tertiary/aromatic N) is 2. The van der Waals surface area contributed by atoms with E-state index in [0.717, 1.165) is 11.6 Å². The Hall–Kier alpha value is -2.68. The Bertz CT molecular complexity index is 1180. The van der Waals surface area contributed by atoms with Crippen LogP contribution >= 0.6 is 0 Å². The van der Waals surface area contributed by atoms with Crippen LogP contribution in [-0.2, 0) is 15.3 Å².